The minimum atomic E-state index is -0.266. The summed E-state index contributed by atoms with van der Waals surface area (Å²) in [4.78, 5) is 28.0. The fourth-order valence-electron chi connectivity index (χ4n) is 3.27. The van der Waals surface area contributed by atoms with Crippen LogP contribution >= 0.6 is 0 Å². The lowest BCUT2D eigenvalue weighted by Crippen LogP contribution is -2.59. The molecule has 0 saturated carbocycles. The summed E-state index contributed by atoms with van der Waals surface area (Å²) in [7, 11) is 0. The van der Waals surface area contributed by atoms with Gasteiger partial charge in [0.15, 0.2) is 0 Å². The zero-order valence-corrected chi connectivity index (χ0v) is 12.1. The van der Waals surface area contributed by atoms with Gasteiger partial charge < -0.3 is 9.80 Å². The zero-order chi connectivity index (χ0) is 15.0. The van der Waals surface area contributed by atoms with E-state index in [2.05, 4.69) is 0 Å². The molecule has 2 aliphatic heterocycles. The number of benzene rings is 1. The van der Waals surface area contributed by atoms with Gasteiger partial charge >= 0.3 is 0 Å². The highest BCUT2D eigenvalue weighted by atomic mass is 19.1. The maximum absolute atomic E-state index is 12.9. The predicted molar refractivity (Wildman–Crippen MR) is 76.0 cm³/mol. The van der Waals surface area contributed by atoms with Crippen molar-refractivity contribution in [3.63, 3.8) is 0 Å². The van der Waals surface area contributed by atoms with Gasteiger partial charge in [-0.2, -0.15) is 0 Å². The molecule has 3 rings (SSSR count). The first-order valence-electron chi connectivity index (χ1n) is 7.40. The number of halogens is 1. The van der Waals surface area contributed by atoms with E-state index in [1.165, 1.54) is 12.1 Å². The Labute approximate surface area is 123 Å². The smallest absolute Gasteiger partial charge is 0.246 e. The molecular formula is C16H19FN2O2. The highest BCUT2D eigenvalue weighted by Gasteiger charge is 2.43. The number of rotatable bonds is 3. The van der Waals surface area contributed by atoms with Crippen LogP contribution in [0.2, 0.25) is 0 Å². The molecule has 4 nitrogen and oxygen atoms in total. The zero-order valence-electron chi connectivity index (χ0n) is 12.1. The Morgan fingerprint density at radius 3 is 2.71 bits per heavy atom. The molecule has 5 heteroatoms. The second-order valence-corrected chi connectivity index (χ2v) is 5.89. The van der Waals surface area contributed by atoms with E-state index in [1.54, 1.807) is 21.9 Å². The van der Waals surface area contributed by atoms with Crippen LogP contribution in [0.25, 0.3) is 0 Å². The van der Waals surface area contributed by atoms with E-state index in [1.807, 2.05) is 6.92 Å². The highest BCUT2D eigenvalue weighted by molar-refractivity contribution is 5.95. The fraction of sp³-hybridized carbons (Fsp3) is 0.500. The van der Waals surface area contributed by atoms with Crippen molar-refractivity contribution in [3.8, 4) is 0 Å². The number of amides is 2. The van der Waals surface area contributed by atoms with Crippen LogP contribution in [0.1, 0.15) is 25.3 Å². The molecule has 2 fully saturated rings. The van der Waals surface area contributed by atoms with Gasteiger partial charge in [-0.15, -0.1) is 0 Å². The Morgan fingerprint density at radius 2 is 2.00 bits per heavy atom. The summed E-state index contributed by atoms with van der Waals surface area (Å²) in [5.74, 6) is -0.165. The van der Waals surface area contributed by atoms with E-state index in [-0.39, 0.29) is 36.3 Å². The van der Waals surface area contributed by atoms with Crippen LogP contribution in [-0.2, 0) is 16.0 Å². The van der Waals surface area contributed by atoms with Crippen LogP contribution in [0, 0.1) is 5.82 Å². The largest absolute Gasteiger partial charge is 0.329 e. The van der Waals surface area contributed by atoms with Crippen molar-refractivity contribution >= 4 is 11.8 Å². The molecule has 2 atom stereocenters. The third-order valence-corrected chi connectivity index (χ3v) is 4.42. The molecule has 21 heavy (non-hydrogen) atoms. The van der Waals surface area contributed by atoms with Crippen molar-refractivity contribution in [1.29, 1.82) is 0 Å². The average molecular weight is 290 g/mol. The molecule has 1 aromatic rings. The van der Waals surface area contributed by atoms with Gasteiger partial charge in [-0.1, -0.05) is 12.1 Å². The topological polar surface area (TPSA) is 40.6 Å². The Morgan fingerprint density at radius 1 is 1.29 bits per heavy atom. The molecule has 112 valence electrons. The summed E-state index contributed by atoms with van der Waals surface area (Å²) in [6, 6.07) is 5.97. The maximum Gasteiger partial charge on any atom is 0.246 e. The van der Waals surface area contributed by atoms with Crippen LogP contribution < -0.4 is 0 Å². The Balaban J connectivity index is 1.72. The molecule has 2 heterocycles. The second-order valence-electron chi connectivity index (χ2n) is 5.89. The van der Waals surface area contributed by atoms with Crippen molar-refractivity contribution in [1.82, 2.24) is 9.80 Å². The normalized spacial score (nSPS) is 23.4. The summed E-state index contributed by atoms with van der Waals surface area (Å²) in [6.45, 7) is 2.81. The van der Waals surface area contributed by atoms with Gasteiger partial charge in [-0.05, 0) is 43.9 Å². The number of hydrogen-bond donors (Lipinski definition) is 0. The number of nitrogens with zero attached hydrogens (tertiary/aromatic N) is 2. The van der Waals surface area contributed by atoms with Gasteiger partial charge in [0, 0.05) is 12.6 Å². The number of carbonyl (C=O) groups excluding carboxylic acids is 2. The minimum Gasteiger partial charge on any atom is -0.329 e. The van der Waals surface area contributed by atoms with Crippen molar-refractivity contribution in [2.45, 2.75) is 38.3 Å². The van der Waals surface area contributed by atoms with E-state index in [0.29, 0.717) is 13.0 Å². The van der Waals surface area contributed by atoms with E-state index < -0.39 is 0 Å². The van der Waals surface area contributed by atoms with Crippen LogP contribution in [0.3, 0.4) is 0 Å². The van der Waals surface area contributed by atoms with Crippen LogP contribution in [0.15, 0.2) is 24.3 Å². The third-order valence-electron chi connectivity index (χ3n) is 4.42. The monoisotopic (exact) mass is 290 g/mol. The first-order valence-corrected chi connectivity index (χ1v) is 7.40. The molecule has 0 radical (unpaired) electrons. The first-order chi connectivity index (χ1) is 10.1. The molecule has 0 aliphatic carbocycles. The lowest BCUT2D eigenvalue weighted by molar-refractivity contribution is -0.155. The Kier molecular flexibility index (Phi) is 3.66. The number of piperazine rings is 1. The summed E-state index contributed by atoms with van der Waals surface area (Å²) < 4.78 is 12.9. The van der Waals surface area contributed by atoms with Crippen LogP contribution in [-0.4, -0.2) is 46.8 Å². The first kappa shape index (κ1) is 14.0. The molecule has 1 aromatic carbocycles. The molecule has 2 amide bonds. The van der Waals surface area contributed by atoms with Gasteiger partial charge in [-0.3, -0.25) is 9.59 Å². The van der Waals surface area contributed by atoms with Crippen molar-refractivity contribution in [2.24, 2.45) is 0 Å². The highest BCUT2D eigenvalue weighted by Crippen LogP contribution is 2.25. The molecule has 2 saturated heterocycles. The van der Waals surface area contributed by atoms with E-state index in [0.717, 1.165) is 18.4 Å². The molecular weight excluding hydrogens is 271 g/mol. The van der Waals surface area contributed by atoms with Gasteiger partial charge in [0.2, 0.25) is 11.8 Å². The Bertz CT molecular complexity index is 558. The summed E-state index contributed by atoms with van der Waals surface area (Å²) in [5, 5.41) is 0. The standard InChI is InChI=1S/C16H19FN2O2/c1-11(9-12-4-6-13(17)7-5-12)19-10-15(20)18-8-2-3-14(18)16(19)21/h4-7,11,14H,2-3,8-10H2,1H3. The molecule has 0 bridgehead atoms. The van der Waals surface area contributed by atoms with Gasteiger partial charge in [0.25, 0.3) is 0 Å². The lowest BCUT2D eigenvalue weighted by atomic mass is 10.0. The minimum absolute atomic E-state index is 0.0445. The lowest BCUT2D eigenvalue weighted by Gasteiger charge is -2.39. The van der Waals surface area contributed by atoms with Crippen molar-refractivity contribution < 1.29 is 14.0 Å². The average Bonchev–Trinajstić information content (AvgIpc) is 2.95. The molecule has 0 aromatic heterocycles. The van der Waals surface area contributed by atoms with E-state index in [9.17, 15) is 14.0 Å². The second kappa shape index (κ2) is 5.47. The summed E-state index contributed by atoms with van der Waals surface area (Å²) in [5.41, 5.74) is 0.970. The maximum atomic E-state index is 12.9. The fourth-order valence-corrected chi connectivity index (χ4v) is 3.27. The number of carbonyl (C=O) groups is 2. The Hall–Kier alpha value is -1.91. The van der Waals surface area contributed by atoms with Gasteiger partial charge in [0.1, 0.15) is 18.4 Å². The molecule has 0 N–H and O–H groups in total. The van der Waals surface area contributed by atoms with Crippen molar-refractivity contribution in [2.75, 3.05) is 13.1 Å². The molecule has 2 unspecified atom stereocenters. The SMILES string of the molecule is CC(Cc1ccc(F)cc1)N1CC(=O)N2CCCC2C1=O. The number of fused-ring (bicyclic) bond motifs is 1. The van der Waals surface area contributed by atoms with Crippen LogP contribution in [0.5, 0.6) is 0 Å². The predicted octanol–water partition coefficient (Wildman–Crippen LogP) is 1.59. The van der Waals surface area contributed by atoms with Crippen molar-refractivity contribution in [3.05, 3.63) is 35.6 Å². The summed E-state index contributed by atoms with van der Waals surface area (Å²) in [6.07, 6.45) is 2.30. The van der Waals surface area contributed by atoms with E-state index >= 15 is 0 Å². The molecule has 0 spiro atoms. The number of hydrogen-bond acceptors (Lipinski definition) is 2. The van der Waals surface area contributed by atoms with Crippen LogP contribution in [0.4, 0.5) is 4.39 Å². The molecule has 2 aliphatic rings. The third kappa shape index (κ3) is 2.64. The van der Waals surface area contributed by atoms with E-state index in [4.69, 9.17) is 0 Å². The summed E-state index contributed by atoms with van der Waals surface area (Å²) >= 11 is 0. The van der Waals surface area contributed by atoms with Gasteiger partial charge in [-0.25, -0.2) is 4.39 Å². The van der Waals surface area contributed by atoms with Gasteiger partial charge in [0.05, 0.1) is 0 Å². The quantitative estimate of drug-likeness (QED) is 0.848.